The van der Waals surface area contributed by atoms with Crippen molar-refractivity contribution in [3.8, 4) is 11.3 Å². The number of furan rings is 1. The van der Waals surface area contributed by atoms with E-state index >= 15 is 0 Å². The molecule has 3 aromatic heterocycles. The Bertz CT molecular complexity index is 1270. The Morgan fingerprint density at radius 3 is 2.52 bits per heavy atom. The number of aromatic nitrogens is 2. The molecule has 0 saturated heterocycles. The Kier molecular flexibility index (Phi) is 4.88. The van der Waals surface area contributed by atoms with Crippen molar-refractivity contribution in [2.24, 2.45) is 12.5 Å². The third-order valence-corrected chi connectivity index (χ3v) is 6.74. The number of rotatable bonds is 3. The lowest BCUT2D eigenvalue weighted by Crippen LogP contribution is -2.31. The van der Waals surface area contributed by atoms with Gasteiger partial charge in [-0.1, -0.05) is 45.7 Å². The van der Waals surface area contributed by atoms with Crippen LogP contribution in [0.15, 0.2) is 47.0 Å². The molecule has 31 heavy (non-hydrogen) atoms. The van der Waals surface area contributed by atoms with E-state index < -0.39 is 0 Å². The van der Waals surface area contributed by atoms with Crippen LogP contribution >= 0.6 is 0 Å². The topological polar surface area (TPSA) is 29.9 Å². The van der Waals surface area contributed by atoms with Crippen LogP contribution in [0, 0.1) is 12.3 Å². The molecule has 1 saturated carbocycles. The molecule has 3 heteroatoms. The maximum Gasteiger partial charge on any atom is 0.227 e. The molecule has 0 unspecified atom stereocenters. The van der Waals surface area contributed by atoms with Crippen molar-refractivity contribution in [1.82, 2.24) is 4.98 Å². The normalized spacial score (nSPS) is 15.4. The van der Waals surface area contributed by atoms with Gasteiger partial charge < -0.3 is 4.42 Å². The van der Waals surface area contributed by atoms with Crippen LogP contribution in [0.4, 0.5) is 0 Å². The van der Waals surface area contributed by atoms with Gasteiger partial charge in [0.25, 0.3) is 0 Å². The molecule has 1 fully saturated rings. The second-order valence-electron chi connectivity index (χ2n) is 10.6. The first kappa shape index (κ1) is 20.2. The van der Waals surface area contributed by atoms with Crippen molar-refractivity contribution in [1.29, 1.82) is 0 Å². The molecule has 0 bridgehead atoms. The minimum absolute atomic E-state index is 0.197. The lowest BCUT2D eigenvalue weighted by Gasteiger charge is -2.16. The quantitative estimate of drug-likeness (QED) is 0.338. The molecule has 3 nitrogen and oxygen atoms in total. The van der Waals surface area contributed by atoms with E-state index in [4.69, 9.17) is 9.40 Å². The third-order valence-electron chi connectivity index (χ3n) is 6.74. The van der Waals surface area contributed by atoms with E-state index in [0.29, 0.717) is 5.92 Å². The molecule has 4 aromatic rings. The highest BCUT2D eigenvalue weighted by Crippen LogP contribution is 2.39. The van der Waals surface area contributed by atoms with Crippen molar-refractivity contribution in [3.05, 3.63) is 59.4 Å². The number of aryl methyl sites for hydroxylation is 2. The summed E-state index contributed by atoms with van der Waals surface area (Å²) in [5.41, 5.74) is 8.10. The number of fused-ring (bicyclic) bond motifs is 3. The third kappa shape index (κ3) is 3.75. The van der Waals surface area contributed by atoms with Gasteiger partial charge in [0, 0.05) is 28.6 Å². The maximum atomic E-state index is 6.47. The Balaban J connectivity index is 1.69. The molecule has 5 rings (SSSR count). The summed E-state index contributed by atoms with van der Waals surface area (Å²) in [7, 11) is 2.13. The van der Waals surface area contributed by atoms with Crippen LogP contribution in [0.3, 0.4) is 0 Å². The van der Waals surface area contributed by atoms with Gasteiger partial charge in [-0.05, 0) is 60.8 Å². The fourth-order valence-corrected chi connectivity index (χ4v) is 5.17. The van der Waals surface area contributed by atoms with E-state index in [1.54, 1.807) is 0 Å². The Morgan fingerprint density at radius 2 is 1.77 bits per heavy atom. The summed E-state index contributed by atoms with van der Waals surface area (Å²) in [6.45, 7) is 8.92. The minimum atomic E-state index is 0.197. The molecule has 160 valence electrons. The van der Waals surface area contributed by atoms with Crippen molar-refractivity contribution in [3.63, 3.8) is 0 Å². The molecule has 0 aliphatic heterocycles. The zero-order valence-electron chi connectivity index (χ0n) is 19.5. The van der Waals surface area contributed by atoms with E-state index in [1.807, 2.05) is 0 Å². The van der Waals surface area contributed by atoms with Gasteiger partial charge in [-0.25, -0.2) is 9.55 Å². The lowest BCUT2D eigenvalue weighted by atomic mass is 9.90. The van der Waals surface area contributed by atoms with Crippen molar-refractivity contribution >= 4 is 22.1 Å². The predicted octanol–water partition coefficient (Wildman–Crippen LogP) is 7.03. The smallest absolute Gasteiger partial charge is 0.227 e. The van der Waals surface area contributed by atoms with Gasteiger partial charge in [0.15, 0.2) is 11.8 Å². The van der Waals surface area contributed by atoms with Gasteiger partial charge in [-0.2, -0.15) is 0 Å². The van der Waals surface area contributed by atoms with Gasteiger partial charge >= 0.3 is 0 Å². The highest BCUT2D eigenvalue weighted by Gasteiger charge is 2.25. The molecular formula is C28H33N2O+. The summed E-state index contributed by atoms with van der Waals surface area (Å²) >= 11 is 0. The van der Waals surface area contributed by atoms with Crippen molar-refractivity contribution < 1.29 is 8.98 Å². The van der Waals surface area contributed by atoms with Crippen molar-refractivity contribution in [2.45, 2.75) is 65.7 Å². The summed E-state index contributed by atoms with van der Waals surface area (Å²) in [6.07, 6.45) is 8.46. The summed E-state index contributed by atoms with van der Waals surface area (Å²) in [5.74, 6) is 0.691. The largest absolute Gasteiger partial charge is 0.437 e. The standard InChI is InChI=1S/C28H33N2O/c1-18-10-12-22-23-13-11-21(17-28(2,3)4)29-27(23)31-26(22)25(18)24-16-20(14-15-30(24)5)19-8-6-7-9-19/h10-16,19H,6-9,17H2,1-5H3/q+1. The lowest BCUT2D eigenvalue weighted by molar-refractivity contribution is -0.660. The molecule has 1 aromatic carbocycles. The molecule has 0 spiro atoms. The summed E-state index contributed by atoms with van der Waals surface area (Å²) in [5, 5.41) is 2.25. The number of benzene rings is 1. The average Bonchev–Trinajstić information content (AvgIpc) is 3.35. The monoisotopic (exact) mass is 413 g/mol. The maximum absolute atomic E-state index is 6.47. The number of hydrogen-bond acceptors (Lipinski definition) is 2. The van der Waals surface area contributed by atoms with E-state index in [9.17, 15) is 0 Å². The van der Waals surface area contributed by atoms with Gasteiger partial charge in [0.1, 0.15) is 7.05 Å². The zero-order chi connectivity index (χ0) is 21.8. The first-order valence-electron chi connectivity index (χ1n) is 11.6. The molecule has 1 aliphatic carbocycles. The number of pyridine rings is 2. The summed E-state index contributed by atoms with van der Waals surface area (Å²) < 4.78 is 8.70. The first-order chi connectivity index (χ1) is 14.8. The fourth-order valence-electron chi connectivity index (χ4n) is 5.17. The van der Waals surface area contributed by atoms with Gasteiger partial charge in [0.05, 0.1) is 5.56 Å². The molecule has 0 N–H and O–H groups in total. The van der Waals surface area contributed by atoms with Crippen LogP contribution in [-0.2, 0) is 13.5 Å². The van der Waals surface area contributed by atoms with Crippen LogP contribution in [0.1, 0.15) is 69.2 Å². The van der Waals surface area contributed by atoms with Crippen molar-refractivity contribution in [2.75, 3.05) is 0 Å². The van der Waals surface area contributed by atoms with E-state index in [1.165, 1.54) is 48.1 Å². The summed E-state index contributed by atoms with van der Waals surface area (Å²) in [6, 6.07) is 13.4. The van der Waals surface area contributed by atoms with E-state index in [2.05, 4.69) is 81.9 Å². The van der Waals surface area contributed by atoms with E-state index in [0.717, 1.165) is 34.2 Å². The predicted molar refractivity (Wildman–Crippen MR) is 127 cm³/mol. The van der Waals surface area contributed by atoms with Crippen LogP contribution in [-0.4, -0.2) is 4.98 Å². The highest BCUT2D eigenvalue weighted by atomic mass is 16.3. The second-order valence-corrected chi connectivity index (χ2v) is 10.6. The summed E-state index contributed by atoms with van der Waals surface area (Å²) in [4.78, 5) is 4.89. The van der Waals surface area contributed by atoms with Gasteiger partial charge in [0.2, 0.25) is 11.4 Å². The Morgan fingerprint density at radius 1 is 1.03 bits per heavy atom. The van der Waals surface area contributed by atoms with Gasteiger partial charge in [-0.15, -0.1) is 0 Å². The van der Waals surface area contributed by atoms with Crippen LogP contribution in [0.2, 0.25) is 0 Å². The zero-order valence-corrected chi connectivity index (χ0v) is 19.5. The second kappa shape index (κ2) is 7.47. The molecule has 3 heterocycles. The molecular weight excluding hydrogens is 380 g/mol. The molecule has 0 radical (unpaired) electrons. The average molecular weight is 414 g/mol. The molecule has 0 atom stereocenters. The SMILES string of the molecule is Cc1ccc2c(oc3nc(CC(C)(C)C)ccc32)c1-c1cc(C2CCCC2)cc[n+]1C. The van der Waals surface area contributed by atoms with Crippen LogP contribution < -0.4 is 4.57 Å². The van der Waals surface area contributed by atoms with Crippen LogP contribution in [0.25, 0.3) is 33.3 Å². The first-order valence-corrected chi connectivity index (χ1v) is 11.6. The highest BCUT2D eigenvalue weighted by molar-refractivity contribution is 6.08. The number of nitrogens with zero attached hydrogens (tertiary/aromatic N) is 2. The fraction of sp³-hybridized carbons (Fsp3) is 0.429. The minimum Gasteiger partial charge on any atom is -0.437 e. The van der Waals surface area contributed by atoms with Gasteiger partial charge in [-0.3, -0.25) is 0 Å². The molecule has 0 amide bonds. The van der Waals surface area contributed by atoms with Crippen LogP contribution in [0.5, 0.6) is 0 Å². The number of hydrogen-bond donors (Lipinski definition) is 0. The Hall–Kier alpha value is -2.68. The van der Waals surface area contributed by atoms with E-state index in [-0.39, 0.29) is 5.41 Å². The Labute approximate surface area is 185 Å². The molecule has 1 aliphatic rings.